The maximum Gasteiger partial charge on any atom is 0.317 e. The van der Waals surface area contributed by atoms with Gasteiger partial charge in [-0.2, -0.15) is 0 Å². The van der Waals surface area contributed by atoms with Gasteiger partial charge in [-0.1, -0.05) is 0 Å². The van der Waals surface area contributed by atoms with Crippen LogP contribution in [0.1, 0.15) is 12.8 Å². The topological polar surface area (TPSA) is 35.6 Å². The molecule has 4 heteroatoms. The molecule has 1 N–H and O–H groups in total. The van der Waals surface area contributed by atoms with E-state index in [1.165, 1.54) is 0 Å². The van der Waals surface area contributed by atoms with Gasteiger partial charge in [-0.25, -0.2) is 4.79 Å². The normalized spacial score (nSPS) is 16.8. The van der Waals surface area contributed by atoms with Gasteiger partial charge in [0, 0.05) is 19.6 Å². The van der Waals surface area contributed by atoms with E-state index in [4.69, 9.17) is 0 Å². The third kappa shape index (κ3) is 3.63. The molecule has 4 nitrogen and oxygen atoms in total. The highest BCUT2D eigenvalue weighted by atomic mass is 16.2. The first-order valence-corrected chi connectivity index (χ1v) is 4.87. The van der Waals surface area contributed by atoms with Crippen LogP contribution in [0.4, 0.5) is 4.79 Å². The largest absolute Gasteiger partial charge is 0.336 e. The Balaban J connectivity index is 2.02. The van der Waals surface area contributed by atoms with Crippen molar-refractivity contribution in [3.8, 4) is 0 Å². The van der Waals surface area contributed by atoms with Gasteiger partial charge in [0.05, 0.1) is 0 Å². The number of unbranched alkanes of at least 4 members (excludes halogenated alkanes) is 1. The van der Waals surface area contributed by atoms with Crippen molar-refractivity contribution < 1.29 is 4.79 Å². The maximum absolute atomic E-state index is 11.1. The van der Waals surface area contributed by atoms with Gasteiger partial charge in [0.2, 0.25) is 0 Å². The molecule has 0 saturated carbocycles. The molecule has 1 fully saturated rings. The zero-order chi connectivity index (χ0) is 9.68. The first-order chi connectivity index (χ1) is 6.20. The summed E-state index contributed by atoms with van der Waals surface area (Å²) in [6.07, 6.45) is 2.27. The van der Waals surface area contributed by atoms with E-state index >= 15 is 0 Å². The van der Waals surface area contributed by atoms with Crippen LogP contribution in [0.15, 0.2) is 0 Å². The van der Waals surface area contributed by atoms with Crippen molar-refractivity contribution in [2.24, 2.45) is 0 Å². The van der Waals surface area contributed by atoms with Crippen molar-refractivity contribution in [3.05, 3.63) is 0 Å². The minimum absolute atomic E-state index is 0.102. The fourth-order valence-electron chi connectivity index (χ4n) is 1.46. The van der Waals surface area contributed by atoms with Crippen LogP contribution >= 0.6 is 0 Å². The Morgan fingerprint density at radius 1 is 1.46 bits per heavy atom. The van der Waals surface area contributed by atoms with Crippen molar-refractivity contribution in [2.45, 2.75) is 12.8 Å². The molecule has 1 aliphatic heterocycles. The number of carbonyl (C=O) groups excluding carboxylic acids is 1. The second kappa shape index (κ2) is 5.07. The number of carbonyl (C=O) groups is 1. The Bertz CT molecular complexity index is 170. The van der Waals surface area contributed by atoms with Gasteiger partial charge in [0.1, 0.15) is 0 Å². The molecule has 76 valence electrons. The molecule has 2 amide bonds. The van der Waals surface area contributed by atoms with Gasteiger partial charge in [0.25, 0.3) is 0 Å². The van der Waals surface area contributed by atoms with Gasteiger partial charge < -0.3 is 15.1 Å². The van der Waals surface area contributed by atoms with Crippen LogP contribution in [0.2, 0.25) is 0 Å². The average molecular weight is 185 g/mol. The predicted octanol–water partition coefficient (Wildman–Crippen LogP) is 0.353. The first-order valence-electron chi connectivity index (χ1n) is 4.87. The maximum atomic E-state index is 11.1. The molecule has 1 heterocycles. The standard InChI is InChI=1S/C9H19N3O/c1-11(2)6-3-4-7-12-8-5-10-9(12)13/h3-8H2,1-2H3,(H,10,13). The zero-order valence-electron chi connectivity index (χ0n) is 8.55. The monoisotopic (exact) mass is 185 g/mol. The summed E-state index contributed by atoms with van der Waals surface area (Å²) < 4.78 is 0. The molecule has 0 aromatic rings. The summed E-state index contributed by atoms with van der Waals surface area (Å²) in [6.45, 7) is 3.70. The minimum atomic E-state index is 0.102. The summed E-state index contributed by atoms with van der Waals surface area (Å²) in [5.41, 5.74) is 0. The van der Waals surface area contributed by atoms with Crippen LogP contribution in [-0.2, 0) is 0 Å². The average Bonchev–Trinajstić information content (AvgIpc) is 2.45. The molecule has 0 spiro atoms. The van der Waals surface area contributed by atoms with Gasteiger partial charge in [-0.3, -0.25) is 0 Å². The summed E-state index contributed by atoms with van der Waals surface area (Å²) in [4.78, 5) is 15.2. The summed E-state index contributed by atoms with van der Waals surface area (Å²) in [5.74, 6) is 0. The molecule has 0 aromatic heterocycles. The second-order valence-corrected chi connectivity index (χ2v) is 3.73. The lowest BCUT2D eigenvalue weighted by Gasteiger charge is -2.14. The van der Waals surface area contributed by atoms with Gasteiger partial charge in [0.15, 0.2) is 0 Å². The highest BCUT2D eigenvalue weighted by Crippen LogP contribution is 2.00. The molecular weight excluding hydrogens is 166 g/mol. The molecule has 0 atom stereocenters. The number of hydrogen-bond acceptors (Lipinski definition) is 2. The third-order valence-electron chi connectivity index (χ3n) is 2.23. The fraction of sp³-hybridized carbons (Fsp3) is 0.889. The van der Waals surface area contributed by atoms with Crippen molar-refractivity contribution in [2.75, 3.05) is 40.3 Å². The first kappa shape index (κ1) is 10.3. The van der Waals surface area contributed by atoms with Crippen LogP contribution in [0.25, 0.3) is 0 Å². The number of urea groups is 1. The predicted molar refractivity (Wildman–Crippen MR) is 52.8 cm³/mol. The molecule has 1 aliphatic rings. The Hall–Kier alpha value is -0.770. The van der Waals surface area contributed by atoms with Gasteiger partial charge in [-0.15, -0.1) is 0 Å². The third-order valence-corrected chi connectivity index (χ3v) is 2.23. The van der Waals surface area contributed by atoms with E-state index in [0.29, 0.717) is 0 Å². The highest BCUT2D eigenvalue weighted by Gasteiger charge is 2.17. The Labute approximate surface area is 79.9 Å². The molecule has 0 bridgehead atoms. The smallest absolute Gasteiger partial charge is 0.317 e. The van der Waals surface area contributed by atoms with Crippen LogP contribution < -0.4 is 5.32 Å². The van der Waals surface area contributed by atoms with Gasteiger partial charge in [-0.05, 0) is 33.5 Å². The van der Waals surface area contributed by atoms with E-state index in [1.54, 1.807) is 0 Å². The van der Waals surface area contributed by atoms with Crippen LogP contribution in [0, 0.1) is 0 Å². The lowest BCUT2D eigenvalue weighted by atomic mass is 10.3. The molecular formula is C9H19N3O. The van der Waals surface area contributed by atoms with E-state index in [2.05, 4.69) is 24.3 Å². The highest BCUT2D eigenvalue weighted by molar-refractivity contribution is 5.76. The van der Waals surface area contributed by atoms with E-state index in [0.717, 1.165) is 39.0 Å². The molecule has 0 radical (unpaired) electrons. The molecule has 0 aliphatic carbocycles. The summed E-state index contributed by atoms with van der Waals surface area (Å²) in [7, 11) is 4.14. The summed E-state index contributed by atoms with van der Waals surface area (Å²) >= 11 is 0. The lowest BCUT2D eigenvalue weighted by Crippen LogP contribution is -2.29. The van der Waals surface area contributed by atoms with E-state index in [1.807, 2.05) is 4.90 Å². The van der Waals surface area contributed by atoms with Crippen molar-refractivity contribution >= 4 is 6.03 Å². The summed E-state index contributed by atoms with van der Waals surface area (Å²) in [6, 6.07) is 0.102. The van der Waals surface area contributed by atoms with Crippen molar-refractivity contribution in [1.82, 2.24) is 15.1 Å². The van der Waals surface area contributed by atoms with E-state index in [-0.39, 0.29) is 6.03 Å². The number of amides is 2. The van der Waals surface area contributed by atoms with E-state index < -0.39 is 0 Å². The molecule has 0 unspecified atom stereocenters. The second-order valence-electron chi connectivity index (χ2n) is 3.73. The summed E-state index contributed by atoms with van der Waals surface area (Å²) in [5, 5.41) is 2.80. The molecule has 13 heavy (non-hydrogen) atoms. The Kier molecular flexibility index (Phi) is 4.02. The number of nitrogens with one attached hydrogen (secondary N) is 1. The van der Waals surface area contributed by atoms with E-state index in [9.17, 15) is 4.79 Å². The number of hydrogen-bond donors (Lipinski definition) is 1. The molecule has 0 aromatic carbocycles. The zero-order valence-corrected chi connectivity index (χ0v) is 8.55. The van der Waals surface area contributed by atoms with Crippen LogP contribution in [0.5, 0.6) is 0 Å². The lowest BCUT2D eigenvalue weighted by molar-refractivity contribution is 0.216. The van der Waals surface area contributed by atoms with Crippen LogP contribution in [-0.4, -0.2) is 56.1 Å². The Morgan fingerprint density at radius 2 is 2.23 bits per heavy atom. The molecule has 1 rings (SSSR count). The van der Waals surface area contributed by atoms with Crippen LogP contribution in [0.3, 0.4) is 0 Å². The van der Waals surface area contributed by atoms with Crippen molar-refractivity contribution in [3.63, 3.8) is 0 Å². The quantitative estimate of drug-likeness (QED) is 0.627. The minimum Gasteiger partial charge on any atom is -0.336 e. The fourth-order valence-corrected chi connectivity index (χ4v) is 1.46. The van der Waals surface area contributed by atoms with Crippen molar-refractivity contribution in [1.29, 1.82) is 0 Å². The van der Waals surface area contributed by atoms with Gasteiger partial charge >= 0.3 is 6.03 Å². The SMILES string of the molecule is CN(C)CCCCN1CCNC1=O. The number of rotatable bonds is 5. The number of nitrogens with zero attached hydrogens (tertiary/aromatic N) is 2. The molecule has 1 saturated heterocycles. The Morgan fingerprint density at radius 3 is 2.77 bits per heavy atom.